The normalized spacial score (nSPS) is 12.1. The fourth-order valence-electron chi connectivity index (χ4n) is 2.94. The maximum Gasteiger partial charge on any atom is 0.259 e. The summed E-state index contributed by atoms with van der Waals surface area (Å²) in [6, 6.07) is 17.1. The van der Waals surface area contributed by atoms with Crippen LogP contribution in [-0.4, -0.2) is 25.5 Å². The largest absolute Gasteiger partial charge is 0.487 e. The molecule has 0 saturated carbocycles. The number of nitrogens with one attached hydrogen (secondary N) is 2. The van der Waals surface area contributed by atoms with Crippen molar-refractivity contribution in [1.29, 1.82) is 0 Å². The van der Waals surface area contributed by atoms with Crippen LogP contribution in [0.25, 0.3) is 0 Å². The Kier molecular flexibility index (Phi) is 7.89. The SMILES string of the molecule is O=C(CNc1ccc2c(c1)OCO2)NN=Cc1cc(Br)c(OCc2ccc(Br)cc2)c(Br)c1. The zero-order valence-corrected chi connectivity index (χ0v) is 21.9. The Hall–Kier alpha value is -2.56. The Balaban J connectivity index is 1.28. The van der Waals surface area contributed by atoms with Gasteiger partial charge in [0.1, 0.15) is 12.4 Å². The number of rotatable bonds is 8. The minimum absolute atomic E-state index is 0.0627. The summed E-state index contributed by atoms with van der Waals surface area (Å²) in [5.74, 6) is 1.75. The molecule has 0 aliphatic carbocycles. The van der Waals surface area contributed by atoms with E-state index in [0.29, 0.717) is 23.9 Å². The van der Waals surface area contributed by atoms with E-state index in [1.54, 1.807) is 18.3 Å². The van der Waals surface area contributed by atoms with E-state index in [1.165, 1.54) is 0 Å². The molecule has 10 heteroatoms. The molecule has 3 aromatic carbocycles. The lowest BCUT2D eigenvalue weighted by Crippen LogP contribution is -2.25. The maximum atomic E-state index is 12.1. The van der Waals surface area contributed by atoms with Gasteiger partial charge >= 0.3 is 0 Å². The number of amides is 1. The van der Waals surface area contributed by atoms with E-state index in [0.717, 1.165) is 30.2 Å². The number of nitrogens with zero attached hydrogens (tertiary/aromatic N) is 1. The van der Waals surface area contributed by atoms with Crippen molar-refractivity contribution < 1.29 is 19.0 Å². The number of anilines is 1. The highest BCUT2D eigenvalue weighted by Crippen LogP contribution is 2.35. The van der Waals surface area contributed by atoms with Crippen LogP contribution in [0.5, 0.6) is 17.2 Å². The number of ether oxygens (including phenoxy) is 3. The Morgan fingerprint density at radius 3 is 2.48 bits per heavy atom. The zero-order valence-electron chi connectivity index (χ0n) is 17.1. The molecule has 0 aromatic heterocycles. The van der Waals surface area contributed by atoms with Crippen molar-refractivity contribution in [3.05, 3.63) is 79.1 Å². The van der Waals surface area contributed by atoms with Crippen LogP contribution in [0.2, 0.25) is 0 Å². The molecule has 0 bridgehead atoms. The molecule has 170 valence electrons. The van der Waals surface area contributed by atoms with Gasteiger partial charge in [-0.15, -0.1) is 0 Å². The Labute approximate surface area is 215 Å². The number of fused-ring (bicyclic) bond motifs is 1. The first-order chi connectivity index (χ1) is 16.0. The molecule has 33 heavy (non-hydrogen) atoms. The number of benzene rings is 3. The van der Waals surface area contributed by atoms with Crippen molar-refractivity contribution in [2.24, 2.45) is 5.10 Å². The van der Waals surface area contributed by atoms with E-state index < -0.39 is 0 Å². The topological polar surface area (TPSA) is 81.2 Å². The first-order valence-electron chi connectivity index (χ1n) is 9.79. The maximum absolute atomic E-state index is 12.1. The van der Waals surface area contributed by atoms with Gasteiger partial charge < -0.3 is 19.5 Å². The Morgan fingerprint density at radius 1 is 1.00 bits per heavy atom. The van der Waals surface area contributed by atoms with Gasteiger partial charge in [-0.1, -0.05) is 28.1 Å². The zero-order chi connectivity index (χ0) is 23.2. The fourth-order valence-corrected chi connectivity index (χ4v) is 4.65. The highest BCUT2D eigenvalue weighted by molar-refractivity contribution is 9.11. The van der Waals surface area contributed by atoms with E-state index in [-0.39, 0.29) is 19.2 Å². The second kappa shape index (κ2) is 11.0. The summed E-state index contributed by atoms with van der Waals surface area (Å²) in [5.41, 5.74) is 5.10. The molecule has 4 rings (SSSR count). The summed E-state index contributed by atoms with van der Waals surface area (Å²) in [6.07, 6.45) is 1.56. The summed E-state index contributed by atoms with van der Waals surface area (Å²) >= 11 is 10.5. The number of hydrazone groups is 1. The molecule has 1 heterocycles. The molecule has 1 aliphatic heterocycles. The van der Waals surface area contributed by atoms with E-state index in [9.17, 15) is 4.79 Å². The van der Waals surface area contributed by atoms with Gasteiger partial charge in [0.2, 0.25) is 6.79 Å². The average molecular weight is 640 g/mol. The molecule has 3 aromatic rings. The van der Waals surface area contributed by atoms with Gasteiger partial charge in [-0.3, -0.25) is 4.79 Å². The molecule has 0 radical (unpaired) electrons. The predicted octanol–water partition coefficient (Wildman–Crippen LogP) is 5.84. The van der Waals surface area contributed by atoms with Crippen LogP contribution in [0.3, 0.4) is 0 Å². The van der Waals surface area contributed by atoms with Gasteiger partial charge in [0.15, 0.2) is 11.5 Å². The van der Waals surface area contributed by atoms with Crippen molar-refractivity contribution in [1.82, 2.24) is 5.43 Å². The van der Waals surface area contributed by atoms with Crippen molar-refractivity contribution in [3.8, 4) is 17.2 Å². The van der Waals surface area contributed by atoms with Crippen LogP contribution in [0, 0.1) is 0 Å². The van der Waals surface area contributed by atoms with Crippen molar-refractivity contribution in [2.75, 3.05) is 18.7 Å². The Bertz CT molecular complexity index is 1160. The molecule has 0 atom stereocenters. The molecular formula is C23H18Br3N3O4. The van der Waals surface area contributed by atoms with E-state index in [1.807, 2.05) is 42.5 Å². The number of carbonyl (C=O) groups is 1. The summed E-state index contributed by atoms with van der Waals surface area (Å²) in [4.78, 5) is 12.1. The molecule has 7 nitrogen and oxygen atoms in total. The average Bonchev–Trinajstić information content (AvgIpc) is 3.26. The number of carbonyl (C=O) groups excluding carboxylic acids is 1. The van der Waals surface area contributed by atoms with Gasteiger partial charge in [0.25, 0.3) is 5.91 Å². The third kappa shape index (κ3) is 6.49. The van der Waals surface area contributed by atoms with E-state index >= 15 is 0 Å². The van der Waals surface area contributed by atoms with Gasteiger partial charge in [-0.05, 0) is 79.4 Å². The standard InChI is InChI=1S/C23H18Br3N3O4/c24-16-3-1-14(2-4-16)12-31-23-18(25)7-15(8-19(23)26)10-28-29-22(30)11-27-17-5-6-20-21(9-17)33-13-32-20/h1-10,27H,11-13H2,(H,29,30). The lowest BCUT2D eigenvalue weighted by Gasteiger charge is -2.11. The number of halogens is 3. The summed E-state index contributed by atoms with van der Waals surface area (Å²) in [5, 5.41) is 7.05. The van der Waals surface area contributed by atoms with Crippen LogP contribution >= 0.6 is 47.8 Å². The minimum Gasteiger partial charge on any atom is -0.487 e. The first kappa shape index (κ1) is 23.6. The van der Waals surface area contributed by atoms with Crippen molar-refractivity contribution in [2.45, 2.75) is 6.61 Å². The molecule has 0 spiro atoms. The number of hydrogen-bond donors (Lipinski definition) is 2. The van der Waals surface area contributed by atoms with Crippen molar-refractivity contribution >= 4 is 65.6 Å². The number of hydrogen-bond acceptors (Lipinski definition) is 6. The molecule has 0 fully saturated rings. The lowest BCUT2D eigenvalue weighted by atomic mass is 10.2. The van der Waals surface area contributed by atoms with Crippen LogP contribution in [-0.2, 0) is 11.4 Å². The third-order valence-electron chi connectivity index (χ3n) is 4.55. The highest BCUT2D eigenvalue weighted by atomic mass is 79.9. The van der Waals surface area contributed by atoms with Crippen molar-refractivity contribution in [3.63, 3.8) is 0 Å². The summed E-state index contributed by atoms with van der Waals surface area (Å²) < 4.78 is 19.1. The molecule has 1 amide bonds. The molecule has 0 unspecified atom stereocenters. The van der Waals surface area contributed by atoms with Gasteiger partial charge in [0.05, 0.1) is 21.7 Å². The van der Waals surface area contributed by atoms with Gasteiger partial charge in [-0.25, -0.2) is 5.43 Å². The fraction of sp³-hybridized carbons (Fsp3) is 0.130. The van der Waals surface area contributed by atoms with E-state index in [2.05, 4.69) is 63.6 Å². The van der Waals surface area contributed by atoms with Crippen LogP contribution in [0.1, 0.15) is 11.1 Å². The van der Waals surface area contributed by atoms with Gasteiger partial charge in [0, 0.05) is 16.2 Å². The smallest absolute Gasteiger partial charge is 0.259 e. The Morgan fingerprint density at radius 2 is 1.73 bits per heavy atom. The minimum atomic E-state index is -0.281. The lowest BCUT2D eigenvalue weighted by molar-refractivity contribution is -0.119. The van der Waals surface area contributed by atoms with E-state index in [4.69, 9.17) is 14.2 Å². The van der Waals surface area contributed by atoms with Crippen LogP contribution < -0.4 is 25.0 Å². The van der Waals surface area contributed by atoms with Crippen LogP contribution in [0.15, 0.2) is 73.1 Å². The molecule has 0 saturated heterocycles. The molecular weight excluding hydrogens is 622 g/mol. The van der Waals surface area contributed by atoms with Gasteiger partial charge in [-0.2, -0.15) is 5.10 Å². The third-order valence-corrected chi connectivity index (χ3v) is 6.25. The highest BCUT2D eigenvalue weighted by Gasteiger charge is 2.13. The molecule has 1 aliphatic rings. The molecule has 2 N–H and O–H groups in total. The summed E-state index contributed by atoms with van der Waals surface area (Å²) in [7, 11) is 0. The monoisotopic (exact) mass is 637 g/mol. The first-order valence-corrected chi connectivity index (χ1v) is 12.2. The van der Waals surface area contributed by atoms with Crippen LogP contribution in [0.4, 0.5) is 5.69 Å². The second-order valence-electron chi connectivity index (χ2n) is 6.94. The predicted molar refractivity (Wildman–Crippen MR) is 137 cm³/mol. The second-order valence-corrected chi connectivity index (χ2v) is 9.57. The quantitative estimate of drug-likeness (QED) is 0.239. The summed E-state index contributed by atoms with van der Waals surface area (Å²) in [6.45, 7) is 0.704.